The highest BCUT2D eigenvalue weighted by atomic mass is 16.5. The van der Waals surface area contributed by atoms with Crippen molar-refractivity contribution in [1.82, 2.24) is 10.2 Å². The molecular formula is C10H11N3O2. The summed E-state index contributed by atoms with van der Waals surface area (Å²) in [6.07, 6.45) is 1.58. The van der Waals surface area contributed by atoms with Crippen LogP contribution < -0.4 is 10.5 Å². The molecule has 0 saturated carbocycles. The van der Waals surface area contributed by atoms with Gasteiger partial charge in [-0.25, -0.2) is 0 Å². The van der Waals surface area contributed by atoms with Gasteiger partial charge in [0.15, 0.2) is 0 Å². The van der Waals surface area contributed by atoms with Gasteiger partial charge in [-0.2, -0.15) is 0 Å². The Bertz CT molecular complexity index is 411. The Hall–Kier alpha value is -1.88. The largest absolute Gasteiger partial charge is 0.480 e. The van der Waals surface area contributed by atoms with Crippen molar-refractivity contribution < 1.29 is 9.15 Å². The van der Waals surface area contributed by atoms with Gasteiger partial charge in [0, 0.05) is 6.07 Å². The number of rotatable bonds is 3. The van der Waals surface area contributed by atoms with Crippen molar-refractivity contribution in [1.29, 1.82) is 0 Å². The predicted molar refractivity (Wildman–Crippen MR) is 53.3 cm³/mol. The van der Waals surface area contributed by atoms with Crippen molar-refractivity contribution in [2.24, 2.45) is 5.73 Å². The standard InChI is InChI=1S/C10H11N3O2/c1-14-9-5-4-7(12-13-9)10(11)8-3-2-6-15-8/h2-6,10H,11H2,1H3. The van der Waals surface area contributed by atoms with Crippen LogP contribution in [0.1, 0.15) is 17.5 Å². The summed E-state index contributed by atoms with van der Waals surface area (Å²) in [4.78, 5) is 0. The van der Waals surface area contributed by atoms with Gasteiger partial charge in [-0.1, -0.05) is 0 Å². The molecule has 0 amide bonds. The molecule has 2 aromatic heterocycles. The Morgan fingerprint density at radius 2 is 2.20 bits per heavy atom. The topological polar surface area (TPSA) is 74.2 Å². The minimum Gasteiger partial charge on any atom is -0.480 e. The van der Waals surface area contributed by atoms with Crippen LogP contribution >= 0.6 is 0 Å². The normalized spacial score (nSPS) is 12.4. The van der Waals surface area contributed by atoms with Gasteiger partial charge in [-0.05, 0) is 18.2 Å². The minimum absolute atomic E-state index is 0.390. The van der Waals surface area contributed by atoms with Gasteiger partial charge in [0.25, 0.3) is 0 Å². The first-order valence-electron chi connectivity index (χ1n) is 4.48. The highest BCUT2D eigenvalue weighted by Gasteiger charge is 2.13. The van der Waals surface area contributed by atoms with Crippen molar-refractivity contribution in [2.45, 2.75) is 6.04 Å². The Morgan fingerprint density at radius 3 is 2.73 bits per heavy atom. The summed E-state index contributed by atoms with van der Waals surface area (Å²) < 4.78 is 10.1. The highest BCUT2D eigenvalue weighted by Crippen LogP contribution is 2.18. The van der Waals surface area contributed by atoms with E-state index in [1.54, 1.807) is 30.5 Å². The number of hydrogen-bond donors (Lipinski definition) is 1. The van der Waals surface area contributed by atoms with Crippen LogP contribution in [-0.4, -0.2) is 17.3 Å². The lowest BCUT2D eigenvalue weighted by Crippen LogP contribution is -2.13. The molecular weight excluding hydrogens is 194 g/mol. The average Bonchev–Trinajstić information content (AvgIpc) is 2.82. The summed E-state index contributed by atoms with van der Waals surface area (Å²) in [6, 6.07) is 6.67. The number of aromatic nitrogens is 2. The van der Waals surface area contributed by atoms with Crippen LogP contribution in [0.3, 0.4) is 0 Å². The zero-order valence-electron chi connectivity index (χ0n) is 8.25. The zero-order valence-corrected chi connectivity index (χ0v) is 8.25. The monoisotopic (exact) mass is 205 g/mol. The van der Waals surface area contributed by atoms with E-state index < -0.39 is 6.04 Å². The molecule has 0 saturated heterocycles. The van der Waals surface area contributed by atoms with Gasteiger partial charge in [0.2, 0.25) is 5.88 Å². The molecule has 0 aliphatic carbocycles. The molecule has 2 heterocycles. The SMILES string of the molecule is COc1ccc(C(N)c2ccco2)nn1. The summed E-state index contributed by atoms with van der Waals surface area (Å²) in [7, 11) is 1.54. The predicted octanol–water partition coefficient (Wildman–Crippen LogP) is 1.13. The van der Waals surface area contributed by atoms with Crippen LogP contribution in [0.15, 0.2) is 34.9 Å². The molecule has 15 heavy (non-hydrogen) atoms. The molecule has 2 N–H and O–H groups in total. The Labute approximate surface area is 86.9 Å². The lowest BCUT2D eigenvalue weighted by Gasteiger charge is -2.07. The zero-order chi connectivity index (χ0) is 10.7. The van der Waals surface area contributed by atoms with Crippen LogP contribution in [0.2, 0.25) is 0 Å². The number of nitrogens with two attached hydrogens (primary N) is 1. The first-order chi connectivity index (χ1) is 7.31. The minimum atomic E-state index is -0.390. The number of hydrogen-bond acceptors (Lipinski definition) is 5. The Morgan fingerprint density at radius 1 is 1.33 bits per heavy atom. The van der Waals surface area contributed by atoms with E-state index in [0.717, 1.165) is 0 Å². The summed E-state index contributed by atoms with van der Waals surface area (Å²) in [5.74, 6) is 1.12. The van der Waals surface area contributed by atoms with Gasteiger partial charge in [0.05, 0.1) is 19.1 Å². The third kappa shape index (κ3) is 1.97. The number of ether oxygens (including phenoxy) is 1. The smallest absolute Gasteiger partial charge is 0.233 e. The first kappa shape index (κ1) is 9.67. The van der Waals surface area contributed by atoms with E-state index >= 15 is 0 Å². The maximum Gasteiger partial charge on any atom is 0.233 e. The molecule has 1 unspecified atom stereocenters. The summed E-state index contributed by atoms with van der Waals surface area (Å²) >= 11 is 0. The second-order valence-corrected chi connectivity index (χ2v) is 2.99. The van der Waals surface area contributed by atoms with E-state index in [0.29, 0.717) is 17.3 Å². The molecule has 0 aliphatic heterocycles. The van der Waals surface area contributed by atoms with Gasteiger partial charge in [-0.3, -0.25) is 0 Å². The molecule has 2 rings (SSSR count). The molecule has 2 aromatic rings. The third-order valence-electron chi connectivity index (χ3n) is 2.04. The molecule has 1 atom stereocenters. The highest BCUT2D eigenvalue weighted by molar-refractivity contribution is 5.20. The van der Waals surface area contributed by atoms with Crippen molar-refractivity contribution in [3.05, 3.63) is 42.0 Å². The second kappa shape index (κ2) is 4.10. The molecule has 0 bridgehead atoms. The van der Waals surface area contributed by atoms with E-state index in [2.05, 4.69) is 10.2 Å². The van der Waals surface area contributed by atoms with Crippen molar-refractivity contribution in [3.63, 3.8) is 0 Å². The fraction of sp³-hybridized carbons (Fsp3) is 0.200. The molecule has 0 radical (unpaired) electrons. The number of furan rings is 1. The van der Waals surface area contributed by atoms with Crippen molar-refractivity contribution in [3.8, 4) is 5.88 Å². The third-order valence-corrected chi connectivity index (χ3v) is 2.04. The van der Waals surface area contributed by atoms with E-state index in [1.807, 2.05) is 0 Å². The van der Waals surface area contributed by atoms with Gasteiger partial charge >= 0.3 is 0 Å². The van der Waals surface area contributed by atoms with E-state index in [9.17, 15) is 0 Å². The average molecular weight is 205 g/mol. The van der Waals surface area contributed by atoms with Crippen molar-refractivity contribution in [2.75, 3.05) is 7.11 Å². The van der Waals surface area contributed by atoms with Crippen molar-refractivity contribution >= 4 is 0 Å². The molecule has 5 nitrogen and oxygen atoms in total. The fourth-order valence-corrected chi connectivity index (χ4v) is 1.22. The molecule has 0 aliphatic rings. The van der Waals surface area contributed by atoms with Crippen LogP contribution in [0.5, 0.6) is 5.88 Å². The van der Waals surface area contributed by atoms with E-state index in [1.165, 1.54) is 7.11 Å². The number of methoxy groups -OCH3 is 1. The quantitative estimate of drug-likeness (QED) is 0.812. The Balaban J connectivity index is 2.22. The molecule has 5 heteroatoms. The maximum absolute atomic E-state index is 5.92. The summed E-state index contributed by atoms with van der Waals surface area (Å²) in [5.41, 5.74) is 6.56. The maximum atomic E-state index is 5.92. The lowest BCUT2D eigenvalue weighted by molar-refractivity contribution is 0.390. The summed E-state index contributed by atoms with van der Waals surface area (Å²) in [5, 5.41) is 7.78. The molecule has 0 aromatic carbocycles. The Kier molecular flexibility index (Phi) is 2.64. The first-order valence-corrected chi connectivity index (χ1v) is 4.48. The molecule has 0 fully saturated rings. The van der Waals surface area contributed by atoms with Crippen LogP contribution in [-0.2, 0) is 0 Å². The van der Waals surface area contributed by atoms with Gasteiger partial charge in [0.1, 0.15) is 11.8 Å². The second-order valence-electron chi connectivity index (χ2n) is 2.99. The van der Waals surface area contributed by atoms with E-state index in [-0.39, 0.29) is 0 Å². The van der Waals surface area contributed by atoms with Gasteiger partial charge in [-0.15, -0.1) is 10.2 Å². The fourth-order valence-electron chi connectivity index (χ4n) is 1.22. The molecule has 78 valence electrons. The lowest BCUT2D eigenvalue weighted by atomic mass is 10.1. The van der Waals surface area contributed by atoms with Crippen LogP contribution in [0, 0.1) is 0 Å². The molecule has 0 spiro atoms. The van der Waals surface area contributed by atoms with Crippen LogP contribution in [0.25, 0.3) is 0 Å². The summed E-state index contributed by atoms with van der Waals surface area (Å²) in [6.45, 7) is 0. The van der Waals surface area contributed by atoms with Gasteiger partial charge < -0.3 is 14.9 Å². The van der Waals surface area contributed by atoms with Crippen LogP contribution in [0.4, 0.5) is 0 Å². The number of nitrogens with zero attached hydrogens (tertiary/aromatic N) is 2. The van der Waals surface area contributed by atoms with E-state index in [4.69, 9.17) is 14.9 Å².